The van der Waals surface area contributed by atoms with Gasteiger partial charge in [0.05, 0.1) is 6.04 Å². The smallest absolute Gasteiger partial charge is 0.251 e. The molecule has 4 heteroatoms. The third-order valence-corrected chi connectivity index (χ3v) is 5.55. The number of hydrogen-bond donors (Lipinski definition) is 1. The van der Waals surface area contributed by atoms with E-state index >= 15 is 0 Å². The predicted molar refractivity (Wildman–Crippen MR) is 113 cm³/mol. The molecule has 1 unspecified atom stereocenters. The molecule has 0 fully saturated rings. The molecule has 0 spiro atoms. The lowest BCUT2D eigenvalue weighted by Gasteiger charge is -2.28. The van der Waals surface area contributed by atoms with Crippen LogP contribution in [0.1, 0.15) is 45.6 Å². The fourth-order valence-corrected chi connectivity index (χ4v) is 3.82. The van der Waals surface area contributed by atoms with Crippen LogP contribution < -0.4 is 5.32 Å². The normalized spacial score (nSPS) is 14.8. The topological polar surface area (TPSA) is 32.3 Å². The fourth-order valence-electron chi connectivity index (χ4n) is 3.82. The fraction of sp³-hybridized carbons (Fsp3) is 0.240. The van der Waals surface area contributed by atoms with Gasteiger partial charge in [0.2, 0.25) is 0 Å². The van der Waals surface area contributed by atoms with Gasteiger partial charge in [0, 0.05) is 25.2 Å². The number of fused-ring (bicyclic) bond motifs is 1. The van der Waals surface area contributed by atoms with Crippen molar-refractivity contribution >= 4 is 5.91 Å². The van der Waals surface area contributed by atoms with Gasteiger partial charge in [-0.1, -0.05) is 48.5 Å². The predicted octanol–water partition coefficient (Wildman–Crippen LogP) is 4.88. The Labute approximate surface area is 171 Å². The average Bonchev–Trinajstić information content (AvgIpc) is 2.74. The summed E-state index contributed by atoms with van der Waals surface area (Å²) in [5.74, 6) is -0.402. The summed E-state index contributed by atoms with van der Waals surface area (Å²) in [7, 11) is 0. The number of amides is 1. The molecule has 3 nitrogen and oxygen atoms in total. The van der Waals surface area contributed by atoms with Crippen molar-refractivity contribution in [3.05, 3.63) is 106 Å². The molecule has 1 atom stereocenters. The number of nitrogens with zero attached hydrogens (tertiary/aromatic N) is 1. The molecular weight excluding hydrogens is 363 g/mol. The van der Waals surface area contributed by atoms with Crippen LogP contribution in [0.25, 0.3) is 0 Å². The maximum Gasteiger partial charge on any atom is 0.251 e. The Morgan fingerprint density at radius 3 is 2.41 bits per heavy atom. The molecule has 0 aromatic heterocycles. The van der Waals surface area contributed by atoms with E-state index in [1.807, 2.05) is 31.2 Å². The summed E-state index contributed by atoms with van der Waals surface area (Å²) in [6.45, 7) is 4.79. The minimum atomic E-state index is -0.278. The Morgan fingerprint density at radius 1 is 1.00 bits per heavy atom. The molecule has 0 aliphatic carbocycles. The van der Waals surface area contributed by atoms with E-state index in [1.54, 1.807) is 12.1 Å². The molecule has 1 aliphatic rings. The molecule has 3 aromatic carbocycles. The van der Waals surface area contributed by atoms with Gasteiger partial charge in [0.1, 0.15) is 5.82 Å². The first kappa shape index (κ1) is 19.3. The second-order valence-corrected chi connectivity index (χ2v) is 7.67. The van der Waals surface area contributed by atoms with Crippen molar-refractivity contribution in [3.8, 4) is 0 Å². The molecule has 4 rings (SSSR count). The van der Waals surface area contributed by atoms with Crippen molar-refractivity contribution in [2.24, 2.45) is 0 Å². The highest BCUT2D eigenvalue weighted by Crippen LogP contribution is 2.20. The maximum absolute atomic E-state index is 13.1. The van der Waals surface area contributed by atoms with Crippen LogP contribution in [0.2, 0.25) is 0 Å². The molecule has 0 bridgehead atoms. The zero-order chi connectivity index (χ0) is 20.2. The quantitative estimate of drug-likeness (QED) is 0.676. The highest BCUT2D eigenvalue weighted by atomic mass is 19.1. The van der Waals surface area contributed by atoms with Crippen molar-refractivity contribution < 1.29 is 9.18 Å². The first-order chi connectivity index (χ1) is 14.1. The maximum atomic E-state index is 13.1. The van der Waals surface area contributed by atoms with Gasteiger partial charge in [-0.15, -0.1) is 0 Å². The first-order valence-electron chi connectivity index (χ1n) is 10.0. The molecule has 0 saturated heterocycles. The zero-order valence-corrected chi connectivity index (χ0v) is 16.6. The van der Waals surface area contributed by atoms with E-state index in [0.29, 0.717) is 5.56 Å². The van der Waals surface area contributed by atoms with Gasteiger partial charge in [-0.2, -0.15) is 0 Å². The number of hydrogen-bond acceptors (Lipinski definition) is 2. The number of benzene rings is 3. The minimum Gasteiger partial charge on any atom is -0.346 e. The SMILES string of the molecule is CC(NC(=O)c1ccc(CN2CCc3ccccc3C2)cc1)c1ccc(F)cc1. The van der Waals surface area contributed by atoms with Crippen molar-refractivity contribution in [2.75, 3.05) is 6.54 Å². The number of carbonyl (C=O) groups is 1. The molecule has 0 saturated carbocycles. The first-order valence-corrected chi connectivity index (χ1v) is 10.0. The highest BCUT2D eigenvalue weighted by molar-refractivity contribution is 5.94. The van der Waals surface area contributed by atoms with Crippen LogP contribution in [0.4, 0.5) is 4.39 Å². The molecule has 29 heavy (non-hydrogen) atoms. The van der Waals surface area contributed by atoms with Crippen molar-refractivity contribution in [2.45, 2.75) is 32.5 Å². The lowest BCUT2D eigenvalue weighted by atomic mass is 9.99. The Kier molecular flexibility index (Phi) is 5.72. The Hall–Kier alpha value is -2.98. The van der Waals surface area contributed by atoms with Gasteiger partial charge in [-0.25, -0.2) is 4.39 Å². The van der Waals surface area contributed by atoms with Crippen LogP contribution in [0, 0.1) is 5.82 Å². The molecule has 1 heterocycles. The molecule has 1 amide bonds. The summed E-state index contributed by atoms with van der Waals surface area (Å²) in [6.07, 6.45) is 1.08. The summed E-state index contributed by atoms with van der Waals surface area (Å²) in [4.78, 5) is 15.0. The van der Waals surface area contributed by atoms with Gasteiger partial charge in [0.25, 0.3) is 5.91 Å². The van der Waals surface area contributed by atoms with E-state index in [9.17, 15) is 9.18 Å². The van der Waals surface area contributed by atoms with E-state index in [0.717, 1.165) is 31.6 Å². The largest absolute Gasteiger partial charge is 0.346 e. The molecule has 3 aromatic rings. The summed E-state index contributed by atoms with van der Waals surface area (Å²) in [5, 5.41) is 2.97. The van der Waals surface area contributed by atoms with Gasteiger partial charge >= 0.3 is 0 Å². The summed E-state index contributed by atoms with van der Waals surface area (Å²) < 4.78 is 13.1. The minimum absolute atomic E-state index is 0.125. The molecule has 1 N–H and O–H groups in total. The second kappa shape index (κ2) is 8.58. The second-order valence-electron chi connectivity index (χ2n) is 7.67. The Balaban J connectivity index is 1.35. The van der Waals surface area contributed by atoms with E-state index in [-0.39, 0.29) is 17.8 Å². The summed E-state index contributed by atoms with van der Waals surface area (Å²) in [5.41, 5.74) is 5.57. The third-order valence-electron chi connectivity index (χ3n) is 5.55. The highest BCUT2D eigenvalue weighted by Gasteiger charge is 2.16. The average molecular weight is 388 g/mol. The summed E-state index contributed by atoms with van der Waals surface area (Å²) >= 11 is 0. The van der Waals surface area contributed by atoms with E-state index in [2.05, 4.69) is 34.5 Å². The molecule has 148 valence electrons. The standard InChI is InChI=1S/C25H25FN2O/c1-18(20-10-12-24(26)13-11-20)27-25(29)22-8-6-19(7-9-22)16-28-15-14-21-4-2-3-5-23(21)17-28/h2-13,18H,14-17H2,1H3,(H,27,29). The third kappa shape index (κ3) is 4.72. The zero-order valence-electron chi connectivity index (χ0n) is 16.6. The van der Waals surface area contributed by atoms with E-state index in [1.165, 1.54) is 28.8 Å². The Morgan fingerprint density at radius 2 is 1.69 bits per heavy atom. The van der Waals surface area contributed by atoms with Gasteiger partial charge < -0.3 is 5.32 Å². The molecule has 0 radical (unpaired) electrons. The number of halogens is 1. The number of carbonyl (C=O) groups excluding carboxylic acids is 1. The van der Waals surface area contributed by atoms with Crippen molar-refractivity contribution in [1.29, 1.82) is 0 Å². The van der Waals surface area contributed by atoms with Crippen molar-refractivity contribution in [3.63, 3.8) is 0 Å². The van der Waals surface area contributed by atoms with Gasteiger partial charge in [0.15, 0.2) is 0 Å². The van der Waals surface area contributed by atoms with Crippen LogP contribution in [-0.2, 0) is 19.5 Å². The van der Waals surface area contributed by atoms with Crippen LogP contribution >= 0.6 is 0 Å². The number of nitrogens with one attached hydrogen (secondary N) is 1. The van der Waals surface area contributed by atoms with Crippen LogP contribution in [0.5, 0.6) is 0 Å². The van der Waals surface area contributed by atoms with Crippen LogP contribution in [-0.4, -0.2) is 17.4 Å². The van der Waals surface area contributed by atoms with E-state index < -0.39 is 0 Å². The summed E-state index contributed by atoms with van der Waals surface area (Å²) in [6, 6.07) is 22.5. The Bertz CT molecular complexity index is 982. The van der Waals surface area contributed by atoms with Crippen LogP contribution in [0.3, 0.4) is 0 Å². The van der Waals surface area contributed by atoms with Crippen LogP contribution in [0.15, 0.2) is 72.8 Å². The lowest BCUT2D eigenvalue weighted by molar-refractivity contribution is 0.0940. The lowest BCUT2D eigenvalue weighted by Crippen LogP contribution is -2.30. The molecular formula is C25H25FN2O. The van der Waals surface area contributed by atoms with E-state index in [4.69, 9.17) is 0 Å². The van der Waals surface area contributed by atoms with Gasteiger partial charge in [-0.3, -0.25) is 9.69 Å². The number of rotatable bonds is 5. The van der Waals surface area contributed by atoms with Gasteiger partial charge in [-0.05, 0) is 59.9 Å². The monoisotopic (exact) mass is 388 g/mol. The van der Waals surface area contributed by atoms with Crippen molar-refractivity contribution in [1.82, 2.24) is 10.2 Å². The molecule has 1 aliphatic heterocycles.